The highest BCUT2D eigenvalue weighted by atomic mass is 79.9. The van der Waals surface area contributed by atoms with Crippen molar-refractivity contribution < 1.29 is 14.3 Å². The van der Waals surface area contributed by atoms with Gasteiger partial charge in [0, 0.05) is 21.5 Å². The number of aryl methyl sites for hydroxylation is 2. The van der Waals surface area contributed by atoms with Crippen molar-refractivity contribution in [1.82, 2.24) is 5.32 Å². The molecule has 0 spiro atoms. The first-order chi connectivity index (χ1) is 11.8. The minimum Gasteiger partial charge on any atom is -0.467 e. The Labute approximate surface area is 160 Å². The van der Waals surface area contributed by atoms with Crippen molar-refractivity contribution in [2.75, 3.05) is 7.11 Å². The highest BCUT2D eigenvalue weighted by molar-refractivity contribution is 9.10. The van der Waals surface area contributed by atoms with Gasteiger partial charge in [0.05, 0.1) is 7.11 Å². The molecule has 0 aliphatic carbocycles. The number of carbonyl (C=O) groups is 2. The van der Waals surface area contributed by atoms with Crippen LogP contribution in [0.4, 0.5) is 0 Å². The molecule has 0 fully saturated rings. The minimum atomic E-state index is -0.812. The number of carbonyl (C=O) groups excluding carboxylic acids is 2. The number of rotatable bonds is 5. The van der Waals surface area contributed by atoms with E-state index in [4.69, 9.17) is 16.3 Å². The van der Waals surface area contributed by atoms with E-state index in [-0.39, 0.29) is 12.3 Å². The van der Waals surface area contributed by atoms with Crippen molar-refractivity contribution in [2.24, 2.45) is 0 Å². The average molecular weight is 425 g/mol. The first-order valence-electron chi connectivity index (χ1n) is 7.71. The Kier molecular flexibility index (Phi) is 6.62. The first-order valence-corrected chi connectivity index (χ1v) is 8.88. The predicted octanol–water partition coefficient (Wildman–Crippen LogP) is 4.23. The molecule has 2 rings (SSSR count). The van der Waals surface area contributed by atoms with E-state index in [2.05, 4.69) is 21.2 Å². The summed E-state index contributed by atoms with van der Waals surface area (Å²) in [7, 11) is 1.30. The molecule has 25 heavy (non-hydrogen) atoms. The van der Waals surface area contributed by atoms with E-state index < -0.39 is 12.0 Å². The molecule has 6 heteroatoms. The van der Waals surface area contributed by atoms with Crippen LogP contribution in [0.25, 0.3) is 0 Å². The smallest absolute Gasteiger partial charge is 0.328 e. The lowest BCUT2D eigenvalue weighted by atomic mass is 10.0. The summed E-state index contributed by atoms with van der Waals surface area (Å²) in [6.45, 7) is 3.84. The summed E-state index contributed by atoms with van der Waals surface area (Å²) in [5.74, 6) is -0.829. The zero-order chi connectivity index (χ0) is 18.6. The number of ether oxygens (including phenoxy) is 1. The molecule has 1 amide bonds. The van der Waals surface area contributed by atoms with Crippen LogP contribution in [0.2, 0.25) is 5.02 Å². The summed E-state index contributed by atoms with van der Waals surface area (Å²) in [6.07, 6.45) is 0.268. The first kappa shape index (κ1) is 19.5. The Hall–Kier alpha value is -1.85. The van der Waals surface area contributed by atoms with Gasteiger partial charge in [-0.1, -0.05) is 44.7 Å². The van der Waals surface area contributed by atoms with Crippen molar-refractivity contribution in [3.8, 4) is 0 Å². The largest absolute Gasteiger partial charge is 0.467 e. The van der Waals surface area contributed by atoms with Gasteiger partial charge in [-0.2, -0.15) is 0 Å². The molecule has 0 heterocycles. The van der Waals surface area contributed by atoms with Crippen LogP contribution in [-0.2, 0) is 16.0 Å². The fourth-order valence-electron chi connectivity index (χ4n) is 2.60. The standard InChI is InChI=1S/C19H19BrClNO3/c1-11-6-12(2)8-14(7-11)18(23)22-17(19(24)25-3)10-13-9-15(21)4-5-16(13)20/h4-9,17H,10H2,1-3H3,(H,22,23)/t17-/m1/s1. The summed E-state index contributed by atoms with van der Waals surface area (Å²) in [6, 6.07) is 10.0. The third-order valence-electron chi connectivity index (χ3n) is 3.71. The van der Waals surface area contributed by atoms with E-state index in [9.17, 15) is 9.59 Å². The number of nitrogens with one attached hydrogen (secondary N) is 1. The Morgan fingerprint density at radius 2 is 1.80 bits per heavy atom. The Bertz CT molecular complexity index is 787. The molecule has 0 aliphatic heterocycles. The van der Waals surface area contributed by atoms with Crippen LogP contribution in [0, 0.1) is 13.8 Å². The number of methoxy groups -OCH3 is 1. The van der Waals surface area contributed by atoms with Crippen molar-refractivity contribution in [3.63, 3.8) is 0 Å². The lowest BCUT2D eigenvalue weighted by Gasteiger charge is -2.18. The number of hydrogen-bond acceptors (Lipinski definition) is 3. The molecule has 1 N–H and O–H groups in total. The van der Waals surface area contributed by atoms with E-state index in [1.54, 1.807) is 30.3 Å². The molecule has 0 aliphatic rings. The molecule has 2 aromatic rings. The molecule has 1 atom stereocenters. The maximum absolute atomic E-state index is 12.6. The molecule has 0 aromatic heterocycles. The maximum Gasteiger partial charge on any atom is 0.328 e. The van der Waals surface area contributed by atoms with Gasteiger partial charge in [0.15, 0.2) is 0 Å². The number of hydrogen-bond donors (Lipinski definition) is 1. The Morgan fingerprint density at radius 1 is 1.16 bits per heavy atom. The van der Waals surface area contributed by atoms with Gasteiger partial charge >= 0.3 is 5.97 Å². The van der Waals surface area contributed by atoms with Gasteiger partial charge in [0.1, 0.15) is 6.04 Å². The fourth-order valence-corrected chi connectivity index (χ4v) is 3.21. The molecule has 0 bridgehead atoms. The van der Waals surface area contributed by atoms with E-state index >= 15 is 0 Å². The summed E-state index contributed by atoms with van der Waals surface area (Å²) >= 11 is 9.46. The zero-order valence-electron chi connectivity index (χ0n) is 14.2. The van der Waals surface area contributed by atoms with E-state index in [0.717, 1.165) is 21.2 Å². The lowest BCUT2D eigenvalue weighted by Crippen LogP contribution is -2.43. The van der Waals surface area contributed by atoms with Gasteiger partial charge in [-0.3, -0.25) is 4.79 Å². The third kappa shape index (κ3) is 5.31. The van der Waals surface area contributed by atoms with Crippen molar-refractivity contribution >= 4 is 39.4 Å². The maximum atomic E-state index is 12.6. The van der Waals surface area contributed by atoms with Crippen molar-refractivity contribution in [3.05, 3.63) is 68.1 Å². The average Bonchev–Trinajstić information content (AvgIpc) is 2.55. The number of esters is 1. The molecule has 0 saturated heterocycles. The highest BCUT2D eigenvalue weighted by Gasteiger charge is 2.24. The fraction of sp³-hybridized carbons (Fsp3) is 0.263. The molecule has 4 nitrogen and oxygen atoms in total. The SMILES string of the molecule is COC(=O)[C@@H](Cc1cc(Cl)ccc1Br)NC(=O)c1cc(C)cc(C)c1. The molecule has 0 unspecified atom stereocenters. The molecular formula is C19H19BrClNO3. The van der Waals surface area contributed by atoms with E-state index in [0.29, 0.717) is 10.6 Å². The summed E-state index contributed by atoms with van der Waals surface area (Å²) in [4.78, 5) is 24.7. The molecule has 0 radical (unpaired) electrons. The van der Waals surface area contributed by atoms with Crippen LogP contribution in [0.1, 0.15) is 27.0 Å². The monoisotopic (exact) mass is 423 g/mol. The quantitative estimate of drug-likeness (QED) is 0.731. The summed E-state index contributed by atoms with van der Waals surface area (Å²) in [5, 5.41) is 3.31. The zero-order valence-corrected chi connectivity index (χ0v) is 16.6. The van der Waals surface area contributed by atoms with Gasteiger partial charge in [-0.15, -0.1) is 0 Å². The molecule has 2 aromatic carbocycles. The second kappa shape index (κ2) is 8.50. The number of halogens is 2. The van der Waals surface area contributed by atoms with Gasteiger partial charge in [-0.05, 0) is 49.7 Å². The summed E-state index contributed by atoms with van der Waals surface area (Å²) in [5.41, 5.74) is 3.29. The van der Waals surface area contributed by atoms with Gasteiger partial charge < -0.3 is 10.1 Å². The number of amides is 1. The highest BCUT2D eigenvalue weighted by Crippen LogP contribution is 2.23. The number of benzene rings is 2. The third-order valence-corrected chi connectivity index (χ3v) is 4.72. The van der Waals surface area contributed by atoms with Gasteiger partial charge in [0.25, 0.3) is 5.91 Å². The molecular weight excluding hydrogens is 406 g/mol. The second-order valence-electron chi connectivity index (χ2n) is 5.87. The van der Waals surface area contributed by atoms with Crippen LogP contribution in [-0.4, -0.2) is 25.0 Å². The van der Waals surface area contributed by atoms with Gasteiger partial charge in [-0.25, -0.2) is 4.79 Å². The van der Waals surface area contributed by atoms with Crippen molar-refractivity contribution in [1.29, 1.82) is 0 Å². The van der Waals surface area contributed by atoms with Gasteiger partial charge in [0.2, 0.25) is 0 Å². The van der Waals surface area contributed by atoms with E-state index in [1.165, 1.54) is 7.11 Å². The molecule has 0 saturated carbocycles. The van der Waals surface area contributed by atoms with Crippen LogP contribution >= 0.6 is 27.5 Å². The van der Waals surface area contributed by atoms with Crippen molar-refractivity contribution in [2.45, 2.75) is 26.3 Å². The molecule has 132 valence electrons. The topological polar surface area (TPSA) is 55.4 Å². The van der Waals surface area contributed by atoms with Crippen LogP contribution in [0.5, 0.6) is 0 Å². The van der Waals surface area contributed by atoms with Crippen LogP contribution in [0.3, 0.4) is 0 Å². The lowest BCUT2D eigenvalue weighted by molar-refractivity contribution is -0.142. The predicted molar refractivity (Wildman–Crippen MR) is 102 cm³/mol. The Morgan fingerprint density at radius 3 is 2.40 bits per heavy atom. The normalized spacial score (nSPS) is 11.7. The van der Waals surface area contributed by atoms with Crippen LogP contribution in [0.15, 0.2) is 40.9 Å². The second-order valence-corrected chi connectivity index (χ2v) is 7.16. The minimum absolute atomic E-state index is 0.268. The van der Waals surface area contributed by atoms with Crippen LogP contribution < -0.4 is 5.32 Å². The van der Waals surface area contributed by atoms with E-state index in [1.807, 2.05) is 19.9 Å². The Balaban J connectivity index is 2.24. The summed E-state index contributed by atoms with van der Waals surface area (Å²) < 4.78 is 5.65.